The molecular formula is C26H29FN4O3. The van der Waals surface area contributed by atoms with Gasteiger partial charge in [0.2, 0.25) is 0 Å². The molecule has 0 radical (unpaired) electrons. The minimum atomic E-state index is -0.232. The first-order valence-electron chi connectivity index (χ1n) is 11.2. The van der Waals surface area contributed by atoms with Crippen LogP contribution in [0.15, 0.2) is 67.0 Å². The number of halogens is 1. The van der Waals surface area contributed by atoms with Gasteiger partial charge in [0.15, 0.2) is 11.5 Å². The number of ether oxygens (including phenoxy) is 2. The number of methoxy groups -OCH3 is 2. The molecule has 178 valence electrons. The molecule has 2 heterocycles. The molecule has 1 aromatic heterocycles. The Hall–Kier alpha value is -3.65. The van der Waals surface area contributed by atoms with Crippen molar-refractivity contribution in [2.75, 3.05) is 51.8 Å². The van der Waals surface area contributed by atoms with Gasteiger partial charge in [-0.25, -0.2) is 4.39 Å². The highest BCUT2D eigenvalue weighted by Gasteiger charge is 2.26. The first-order valence-corrected chi connectivity index (χ1v) is 11.2. The molecule has 0 spiro atoms. The molecule has 1 amide bonds. The molecule has 8 heteroatoms. The zero-order chi connectivity index (χ0) is 23.9. The third kappa shape index (κ3) is 5.46. The fraction of sp³-hybridized carbons (Fsp3) is 0.308. The molecule has 1 saturated heterocycles. The quantitative estimate of drug-likeness (QED) is 0.550. The predicted molar refractivity (Wildman–Crippen MR) is 129 cm³/mol. The number of aromatic nitrogens is 1. The molecule has 0 saturated carbocycles. The highest BCUT2D eigenvalue weighted by atomic mass is 19.1. The Labute approximate surface area is 199 Å². The maximum absolute atomic E-state index is 13.3. The van der Waals surface area contributed by atoms with Crippen LogP contribution in [0.3, 0.4) is 0 Å². The summed E-state index contributed by atoms with van der Waals surface area (Å²) < 4.78 is 23.9. The second-order valence-electron chi connectivity index (χ2n) is 8.08. The lowest BCUT2D eigenvalue weighted by Crippen LogP contribution is -2.50. The number of hydrogen-bond donors (Lipinski definition) is 1. The average Bonchev–Trinajstić information content (AvgIpc) is 2.89. The highest BCUT2D eigenvalue weighted by molar-refractivity contribution is 5.94. The van der Waals surface area contributed by atoms with Crippen LogP contribution >= 0.6 is 0 Å². The maximum Gasteiger partial charge on any atom is 0.251 e. The number of piperazine rings is 1. The van der Waals surface area contributed by atoms with Crippen molar-refractivity contribution >= 4 is 11.6 Å². The van der Waals surface area contributed by atoms with Crippen molar-refractivity contribution in [2.45, 2.75) is 6.04 Å². The van der Waals surface area contributed by atoms with Crippen LogP contribution in [0.4, 0.5) is 10.1 Å². The lowest BCUT2D eigenvalue weighted by atomic mass is 10.1. The average molecular weight is 465 g/mol. The molecule has 0 aliphatic carbocycles. The summed E-state index contributed by atoms with van der Waals surface area (Å²) in [6.07, 6.45) is 3.59. The van der Waals surface area contributed by atoms with Crippen LogP contribution in [0.25, 0.3) is 0 Å². The van der Waals surface area contributed by atoms with Crippen molar-refractivity contribution in [1.29, 1.82) is 0 Å². The summed E-state index contributed by atoms with van der Waals surface area (Å²) >= 11 is 0. The number of hydrogen-bond acceptors (Lipinski definition) is 6. The lowest BCUT2D eigenvalue weighted by molar-refractivity contribution is 0.0929. The number of amides is 1. The fourth-order valence-electron chi connectivity index (χ4n) is 4.24. The monoisotopic (exact) mass is 464 g/mol. The Morgan fingerprint density at radius 3 is 2.41 bits per heavy atom. The van der Waals surface area contributed by atoms with Gasteiger partial charge in [0.1, 0.15) is 5.82 Å². The molecule has 0 unspecified atom stereocenters. The molecule has 0 bridgehead atoms. The molecule has 4 rings (SSSR count). The highest BCUT2D eigenvalue weighted by Crippen LogP contribution is 2.28. The predicted octanol–water partition coefficient (Wildman–Crippen LogP) is 3.53. The van der Waals surface area contributed by atoms with E-state index in [0.29, 0.717) is 23.6 Å². The summed E-state index contributed by atoms with van der Waals surface area (Å²) in [5, 5.41) is 3.07. The molecule has 1 N–H and O–H groups in total. The van der Waals surface area contributed by atoms with Crippen LogP contribution in [0.2, 0.25) is 0 Å². The molecule has 3 aromatic rings. The van der Waals surface area contributed by atoms with E-state index < -0.39 is 0 Å². The van der Waals surface area contributed by atoms with Crippen LogP contribution in [-0.2, 0) is 0 Å². The second-order valence-corrected chi connectivity index (χ2v) is 8.08. The van der Waals surface area contributed by atoms with Crippen molar-refractivity contribution in [3.63, 3.8) is 0 Å². The molecule has 1 atom stereocenters. The van der Waals surface area contributed by atoms with Gasteiger partial charge in [0, 0.05) is 56.4 Å². The number of pyridine rings is 1. The Kier molecular flexibility index (Phi) is 7.59. The normalized spacial score (nSPS) is 15.0. The van der Waals surface area contributed by atoms with Crippen molar-refractivity contribution in [3.05, 3.63) is 83.9 Å². The Morgan fingerprint density at radius 1 is 1.03 bits per heavy atom. The molecule has 1 aliphatic heterocycles. The molecular weight excluding hydrogens is 435 g/mol. The SMILES string of the molecule is COc1ccc(C(=O)NC[C@@H](c2cccnc2)N2CCN(c3ccc(F)cc3)CC2)cc1OC. The number of nitrogens with one attached hydrogen (secondary N) is 1. The van der Waals surface area contributed by atoms with E-state index in [1.54, 1.807) is 38.6 Å². The Balaban J connectivity index is 1.44. The molecule has 1 aliphatic rings. The molecule has 7 nitrogen and oxygen atoms in total. The molecule has 34 heavy (non-hydrogen) atoms. The maximum atomic E-state index is 13.3. The van der Waals surface area contributed by atoms with Crippen LogP contribution in [0.5, 0.6) is 11.5 Å². The summed E-state index contributed by atoms with van der Waals surface area (Å²) in [7, 11) is 3.11. The van der Waals surface area contributed by atoms with Gasteiger partial charge in [-0.3, -0.25) is 14.7 Å². The fourth-order valence-corrected chi connectivity index (χ4v) is 4.24. The Bertz CT molecular complexity index is 1090. The van der Waals surface area contributed by atoms with E-state index in [9.17, 15) is 9.18 Å². The summed E-state index contributed by atoms with van der Waals surface area (Å²) in [5.74, 6) is 0.672. The topological polar surface area (TPSA) is 66.9 Å². The van der Waals surface area contributed by atoms with Crippen molar-refractivity contribution in [1.82, 2.24) is 15.2 Å². The van der Waals surface area contributed by atoms with Gasteiger partial charge in [-0.2, -0.15) is 0 Å². The first-order chi connectivity index (χ1) is 16.6. The van der Waals surface area contributed by atoms with Gasteiger partial charge >= 0.3 is 0 Å². The van der Waals surface area contributed by atoms with Gasteiger partial charge < -0.3 is 19.7 Å². The van der Waals surface area contributed by atoms with Gasteiger partial charge in [0.05, 0.1) is 20.3 Å². The molecule has 1 fully saturated rings. The van der Waals surface area contributed by atoms with Crippen LogP contribution in [0, 0.1) is 5.82 Å². The largest absolute Gasteiger partial charge is 0.493 e. The number of anilines is 1. The van der Waals surface area contributed by atoms with E-state index in [2.05, 4.69) is 20.1 Å². The van der Waals surface area contributed by atoms with Crippen molar-refractivity contribution in [3.8, 4) is 11.5 Å². The minimum Gasteiger partial charge on any atom is -0.493 e. The third-order valence-electron chi connectivity index (χ3n) is 6.12. The van der Waals surface area contributed by atoms with Crippen LogP contribution in [-0.4, -0.2) is 62.7 Å². The van der Waals surface area contributed by atoms with Crippen molar-refractivity contribution < 1.29 is 18.7 Å². The number of benzene rings is 2. The summed E-state index contributed by atoms with van der Waals surface area (Å²) in [4.78, 5) is 21.8. The van der Waals surface area contributed by atoms with Gasteiger partial charge in [-0.15, -0.1) is 0 Å². The van der Waals surface area contributed by atoms with E-state index in [1.807, 2.05) is 30.5 Å². The van der Waals surface area contributed by atoms with Gasteiger partial charge in [0.25, 0.3) is 5.91 Å². The number of carbonyl (C=O) groups excluding carboxylic acids is 1. The standard InChI is InChI=1S/C26H29FN4O3/c1-33-24-10-5-19(16-25(24)34-2)26(32)29-18-23(20-4-3-11-28-17-20)31-14-12-30(13-15-31)22-8-6-21(27)7-9-22/h3-11,16-17,23H,12-15,18H2,1-2H3,(H,29,32)/t23-/m0/s1. The van der Waals surface area contributed by atoms with E-state index in [-0.39, 0.29) is 17.8 Å². The van der Waals surface area contributed by atoms with Gasteiger partial charge in [-0.1, -0.05) is 6.07 Å². The van der Waals surface area contributed by atoms with Gasteiger partial charge in [-0.05, 0) is 54.1 Å². The lowest BCUT2D eigenvalue weighted by Gasteiger charge is -2.40. The number of nitrogens with zero attached hydrogens (tertiary/aromatic N) is 3. The first kappa shape index (κ1) is 23.5. The van der Waals surface area contributed by atoms with E-state index in [4.69, 9.17) is 9.47 Å². The smallest absolute Gasteiger partial charge is 0.251 e. The van der Waals surface area contributed by atoms with E-state index in [0.717, 1.165) is 37.4 Å². The van der Waals surface area contributed by atoms with Crippen LogP contribution < -0.4 is 19.7 Å². The minimum absolute atomic E-state index is 0.0202. The van der Waals surface area contributed by atoms with Crippen LogP contribution in [0.1, 0.15) is 22.0 Å². The zero-order valence-electron chi connectivity index (χ0n) is 19.4. The Morgan fingerprint density at radius 2 is 1.76 bits per heavy atom. The van der Waals surface area contributed by atoms with E-state index in [1.165, 1.54) is 12.1 Å². The van der Waals surface area contributed by atoms with Crippen molar-refractivity contribution in [2.24, 2.45) is 0 Å². The summed E-state index contributed by atoms with van der Waals surface area (Å²) in [6, 6.07) is 15.6. The second kappa shape index (κ2) is 11.0. The zero-order valence-corrected chi connectivity index (χ0v) is 19.4. The van der Waals surface area contributed by atoms with E-state index >= 15 is 0 Å². The number of carbonyl (C=O) groups is 1. The third-order valence-corrected chi connectivity index (χ3v) is 6.12. The number of rotatable bonds is 8. The summed E-state index contributed by atoms with van der Waals surface area (Å²) in [6.45, 7) is 3.68. The summed E-state index contributed by atoms with van der Waals surface area (Å²) in [5.41, 5.74) is 2.56. The molecule has 2 aromatic carbocycles.